The summed E-state index contributed by atoms with van der Waals surface area (Å²) >= 11 is 0. The molecule has 0 saturated heterocycles. The fourth-order valence-corrected chi connectivity index (χ4v) is 6.99. The Morgan fingerprint density at radius 1 is 0.526 bits per heavy atom. The minimum atomic E-state index is -4.38. The van der Waals surface area contributed by atoms with Gasteiger partial charge in [-0.1, -0.05) is 165 Å². The van der Waals surface area contributed by atoms with Crippen molar-refractivity contribution in [1.29, 1.82) is 0 Å². The molecule has 3 N–H and O–H groups in total. The fourth-order valence-electron chi connectivity index (χ4n) is 6.22. The van der Waals surface area contributed by atoms with Crippen LogP contribution in [0.25, 0.3) is 0 Å². The monoisotopic (exact) mass is 824 g/mol. The Bertz CT molecular complexity index is 1080. The van der Waals surface area contributed by atoms with E-state index in [9.17, 15) is 19.0 Å². The number of hydrogen-bond donors (Lipinski definition) is 2. The molecule has 0 aromatic rings. The summed E-state index contributed by atoms with van der Waals surface area (Å²) in [5, 5.41) is 0. The van der Waals surface area contributed by atoms with Gasteiger partial charge in [0.05, 0.1) is 13.2 Å². The summed E-state index contributed by atoms with van der Waals surface area (Å²) in [6, 6.07) is 0. The molecule has 0 saturated carbocycles. The van der Waals surface area contributed by atoms with Crippen molar-refractivity contribution in [3.63, 3.8) is 0 Å². The maximum absolute atomic E-state index is 12.6. The summed E-state index contributed by atoms with van der Waals surface area (Å²) in [6.07, 6.45) is 49.9. The second kappa shape index (κ2) is 43.5. The highest BCUT2D eigenvalue weighted by molar-refractivity contribution is 7.47. The fraction of sp³-hybridized carbons (Fsp3) is 0.787. The molecule has 2 unspecified atom stereocenters. The van der Waals surface area contributed by atoms with E-state index >= 15 is 0 Å². The molecule has 0 radical (unpaired) electrons. The van der Waals surface area contributed by atoms with Crippen LogP contribution in [0.5, 0.6) is 0 Å². The van der Waals surface area contributed by atoms with Crippen LogP contribution in [0.15, 0.2) is 48.6 Å². The summed E-state index contributed by atoms with van der Waals surface area (Å²) in [5.41, 5.74) is 5.35. The Balaban J connectivity index is 4.13. The van der Waals surface area contributed by atoms with Crippen molar-refractivity contribution in [2.75, 3.05) is 26.4 Å². The van der Waals surface area contributed by atoms with Gasteiger partial charge in [-0.25, -0.2) is 4.57 Å². The quantitative estimate of drug-likeness (QED) is 0.0267. The van der Waals surface area contributed by atoms with Gasteiger partial charge in [-0.2, -0.15) is 0 Å². The van der Waals surface area contributed by atoms with Gasteiger partial charge in [0.15, 0.2) is 6.10 Å². The number of allylic oxidation sites excluding steroid dienone is 8. The van der Waals surface area contributed by atoms with Crippen molar-refractivity contribution in [3.8, 4) is 0 Å². The molecule has 0 aliphatic carbocycles. The first-order valence-corrected chi connectivity index (χ1v) is 24.6. The second-order valence-electron chi connectivity index (χ2n) is 15.3. The minimum Gasteiger partial charge on any atom is -0.462 e. The molecule has 0 rings (SSSR count). The van der Waals surface area contributed by atoms with Crippen LogP contribution < -0.4 is 5.73 Å². The lowest BCUT2D eigenvalue weighted by molar-refractivity contribution is -0.161. The lowest BCUT2D eigenvalue weighted by Crippen LogP contribution is -2.29. The third-order valence-corrected chi connectivity index (χ3v) is 10.7. The molecule has 0 aliphatic heterocycles. The van der Waals surface area contributed by atoms with Crippen LogP contribution in [-0.4, -0.2) is 49.3 Å². The van der Waals surface area contributed by atoms with Crippen LogP contribution in [0.1, 0.15) is 206 Å². The molecule has 332 valence electrons. The largest absolute Gasteiger partial charge is 0.472 e. The molecule has 0 aliphatic rings. The summed E-state index contributed by atoms with van der Waals surface area (Å²) in [6.45, 7) is 3.68. The summed E-state index contributed by atoms with van der Waals surface area (Å²) in [5.74, 6) is -0.841. The summed E-state index contributed by atoms with van der Waals surface area (Å²) < 4.78 is 32.8. The summed E-state index contributed by atoms with van der Waals surface area (Å²) in [7, 11) is -4.38. The van der Waals surface area contributed by atoms with Gasteiger partial charge in [0.25, 0.3) is 0 Å². The van der Waals surface area contributed by atoms with Crippen LogP contribution in [0, 0.1) is 0 Å². The molecule has 0 aromatic heterocycles. The van der Waals surface area contributed by atoms with Gasteiger partial charge in [0, 0.05) is 19.4 Å². The van der Waals surface area contributed by atoms with Crippen molar-refractivity contribution in [3.05, 3.63) is 48.6 Å². The Hall–Kier alpha value is -2.03. The number of phosphoric ester groups is 1. The van der Waals surface area contributed by atoms with E-state index in [1.807, 2.05) is 0 Å². The van der Waals surface area contributed by atoms with Crippen LogP contribution in [-0.2, 0) is 32.7 Å². The highest BCUT2D eigenvalue weighted by Gasteiger charge is 2.26. The van der Waals surface area contributed by atoms with Crippen molar-refractivity contribution in [1.82, 2.24) is 0 Å². The maximum Gasteiger partial charge on any atom is 0.472 e. The Kier molecular flexibility index (Phi) is 42.0. The third kappa shape index (κ3) is 43.4. The number of unbranched alkanes of at least 4 members (excludes halogenated alkanes) is 22. The van der Waals surface area contributed by atoms with Crippen LogP contribution in [0.4, 0.5) is 0 Å². The SMILES string of the molecule is CCCCCC=CCC=CCCCCCCCCCCCC(=O)OC(COC(=O)CCCCCCCCCC=CCC=CCCCCC)COP(=O)(O)OCCN. The second-order valence-corrected chi connectivity index (χ2v) is 16.7. The number of ether oxygens (including phenoxy) is 2. The van der Waals surface area contributed by atoms with Crippen molar-refractivity contribution < 1.29 is 37.6 Å². The normalized spacial score (nSPS) is 13.7. The molecule has 2 atom stereocenters. The highest BCUT2D eigenvalue weighted by atomic mass is 31.2. The van der Waals surface area contributed by atoms with E-state index in [0.29, 0.717) is 6.42 Å². The van der Waals surface area contributed by atoms with E-state index in [-0.39, 0.29) is 32.6 Å². The zero-order chi connectivity index (χ0) is 41.8. The third-order valence-electron chi connectivity index (χ3n) is 9.69. The lowest BCUT2D eigenvalue weighted by Gasteiger charge is -2.19. The van der Waals surface area contributed by atoms with E-state index in [0.717, 1.165) is 70.6 Å². The zero-order valence-electron chi connectivity index (χ0n) is 36.6. The molecule has 0 amide bonds. The maximum atomic E-state index is 12.6. The predicted octanol–water partition coefficient (Wildman–Crippen LogP) is 13.5. The Morgan fingerprint density at radius 3 is 1.33 bits per heavy atom. The number of rotatable bonds is 43. The number of nitrogens with two attached hydrogens (primary N) is 1. The zero-order valence-corrected chi connectivity index (χ0v) is 37.5. The molecule has 57 heavy (non-hydrogen) atoms. The van der Waals surface area contributed by atoms with E-state index in [4.69, 9.17) is 24.3 Å². The van der Waals surface area contributed by atoms with Crippen LogP contribution >= 0.6 is 7.82 Å². The van der Waals surface area contributed by atoms with Gasteiger partial charge in [0.1, 0.15) is 6.61 Å². The van der Waals surface area contributed by atoms with Crippen molar-refractivity contribution in [2.45, 2.75) is 213 Å². The molecule has 0 heterocycles. The average Bonchev–Trinajstić information content (AvgIpc) is 3.20. The van der Waals surface area contributed by atoms with Gasteiger partial charge < -0.3 is 20.1 Å². The van der Waals surface area contributed by atoms with Crippen molar-refractivity contribution >= 4 is 19.8 Å². The molecular formula is C47H86NO8P. The van der Waals surface area contributed by atoms with Crippen LogP contribution in [0.2, 0.25) is 0 Å². The number of phosphoric acid groups is 1. The Morgan fingerprint density at radius 2 is 0.912 bits per heavy atom. The lowest BCUT2D eigenvalue weighted by atomic mass is 10.1. The first-order chi connectivity index (χ1) is 27.8. The molecule has 0 spiro atoms. The van der Waals surface area contributed by atoms with E-state index in [1.165, 1.54) is 103 Å². The minimum absolute atomic E-state index is 0.0503. The van der Waals surface area contributed by atoms with E-state index in [2.05, 4.69) is 62.5 Å². The van der Waals surface area contributed by atoms with Gasteiger partial charge in [-0.05, 0) is 77.0 Å². The van der Waals surface area contributed by atoms with Crippen molar-refractivity contribution in [2.24, 2.45) is 5.73 Å². The molecule has 0 fully saturated rings. The first-order valence-electron chi connectivity index (χ1n) is 23.1. The molecule has 0 aromatic carbocycles. The van der Waals surface area contributed by atoms with Gasteiger partial charge >= 0.3 is 19.8 Å². The first kappa shape index (κ1) is 55.0. The standard InChI is InChI=1S/C47H86NO8P/c1-3-5-7-9-11-13-15-17-19-21-22-24-26-28-30-32-34-36-38-40-47(50)56-45(44-55-57(51,52)54-42-41-48)43-53-46(49)39-37-35-33-31-29-27-25-23-20-18-16-14-12-10-8-6-4-2/h11-14,17-20,45H,3-10,15-16,21-44,48H2,1-2H3,(H,51,52). The topological polar surface area (TPSA) is 134 Å². The molecular weight excluding hydrogens is 737 g/mol. The highest BCUT2D eigenvalue weighted by Crippen LogP contribution is 2.43. The molecule has 10 heteroatoms. The van der Waals surface area contributed by atoms with E-state index in [1.54, 1.807) is 0 Å². The van der Waals surface area contributed by atoms with E-state index < -0.39 is 32.5 Å². The van der Waals surface area contributed by atoms with Crippen LogP contribution in [0.3, 0.4) is 0 Å². The smallest absolute Gasteiger partial charge is 0.462 e. The number of esters is 2. The van der Waals surface area contributed by atoms with Gasteiger partial charge in [-0.3, -0.25) is 18.6 Å². The average molecular weight is 824 g/mol. The number of carbonyl (C=O) groups excluding carboxylic acids is 2. The Labute approximate surface area is 349 Å². The van der Waals surface area contributed by atoms with Gasteiger partial charge in [-0.15, -0.1) is 0 Å². The summed E-state index contributed by atoms with van der Waals surface area (Å²) in [4.78, 5) is 34.9. The number of carbonyl (C=O) groups is 2. The molecule has 9 nitrogen and oxygen atoms in total. The molecule has 0 bridgehead atoms. The van der Waals surface area contributed by atoms with Gasteiger partial charge in [0.2, 0.25) is 0 Å². The number of hydrogen-bond acceptors (Lipinski definition) is 8. The predicted molar refractivity (Wildman–Crippen MR) is 238 cm³/mol.